The molecule has 0 saturated carbocycles. The maximum absolute atomic E-state index is 10.5. The van der Waals surface area contributed by atoms with Crippen LogP contribution in [0.2, 0.25) is 0 Å². The molecular formula is C17H15N3O2. The van der Waals surface area contributed by atoms with Crippen molar-refractivity contribution in [3.8, 4) is 17.3 Å². The third kappa shape index (κ3) is 1.75. The Kier molecular flexibility index (Phi) is 2.63. The van der Waals surface area contributed by atoms with E-state index in [0.717, 1.165) is 33.1 Å². The third-order valence-electron chi connectivity index (χ3n) is 4.01. The summed E-state index contributed by atoms with van der Waals surface area (Å²) < 4.78 is 8.82. The van der Waals surface area contributed by atoms with Crippen LogP contribution < -0.4 is 4.74 Å². The van der Waals surface area contributed by atoms with Gasteiger partial charge in [-0.2, -0.15) is 5.10 Å². The molecule has 0 atom stereocenters. The summed E-state index contributed by atoms with van der Waals surface area (Å²) in [4.78, 5) is 0. The Morgan fingerprint density at radius 3 is 2.77 bits per heavy atom. The molecule has 2 aromatic carbocycles. The Morgan fingerprint density at radius 2 is 1.95 bits per heavy atom. The summed E-state index contributed by atoms with van der Waals surface area (Å²) in [6.45, 7) is 0. The van der Waals surface area contributed by atoms with Crippen LogP contribution in [0.1, 0.15) is 0 Å². The number of aromatic hydroxyl groups is 1. The van der Waals surface area contributed by atoms with Crippen molar-refractivity contribution in [1.29, 1.82) is 0 Å². The van der Waals surface area contributed by atoms with Crippen molar-refractivity contribution >= 4 is 21.7 Å². The Bertz CT molecular complexity index is 998. The third-order valence-corrected chi connectivity index (χ3v) is 4.01. The van der Waals surface area contributed by atoms with Gasteiger partial charge in [-0.1, -0.05) is 0 Å². The Labute approximate surface area is 127 Å². The summed E-state index contributed by atoms with van der Waals surface area (Å²) in [6.07, 6.45) is 3.74. The molecule has 0 unspecified atom stereocenters. The zero-order valence-corrected chi connectivity index (χ0v) is 12.3. The SMILES string of the molecule is COc1ccc2cn(-c3ccc4c(cnn4C)c3)c(O)c2c1. The first-order valence-corrected chi connectivity index (χ1v) is 6.97. The van der Waals surface area contributed by atoms with Gasteiger partial charge in [-0.15, -0.1) is 0 Å². The molecule has 2 aromatic heterocycles. The van der Waals surface area contributed by atoms with E-state index in [0.29, 0.717) is 0 Å². The predicted octanol–water partition coefficient (Wildman–Crippen LogP) is 3.23. The fourth-order valence-corrected chi connectivity index (χ4v) is 2.80. The molecule has 0 saturated heterocycles. The molecule has 0 aliphatic heterocycles. The number of hydrogen-bond acceptors (Lipinski definition) is 3. The quantitative estimate of drug-likeness (QED) is 0.617. The summed E-state index contributed by atoms with van der Waals surface area (Å²) in [5, 5.41) is 17.5. The highest BCUT2D eigenvalue weighted by molar-refractivity contribution is 5.90. The number of rotatable bonds is 2. The van der Waals surface area contributed by atoms with Gasteiger partial charge in [0.25, 0.3) is 0 Å². The first-order chi connectivity index (χ1) is 10.7. The first kappa shape index (κ1) is 12.8. The molecule has 5 heteroatoms. The van der Waals surface area contributed by atoms with E-state index in [1.165, 1.54) is 0 Å². The minimum atomic E-state index is 0.206. The van der Waals surface area contributed by atoms with Crippen LogP contribution in [0.5, 0.6) is 11.6 Å². The van der Waals surface area contributed by atoms with Crippen molar-refractivity contribution in [2.45, 2.75) is 0 Å². The topological polar surface area (TPSA) is 52.2 Å². The minimum absolute atomic E-state index is 0.206. The number of aryl methyl sites for hydroxylation is 1. The van der Waals surface area contributed by atoms with E-state index < -0.39 is 0 Å². The zero-order chi connectivity index (χ0) is 15.3. The number of aromatic nitrogens is 3. The molecule has 0 spiro atoms. The molecule has 22 heavy (non-hydrogen) atoms. The summed E-state index contributed by atoms with van der Waals surface area (Å²) in [7, 11) is 3.53. The number of methoxy groups -OCH3 is 1. The molecule has 5 nitrogen and oxygen atoms in total. The van der Waals surface area contributed by atoms with Crippen LogP contribution in [0, 0.1) is 0 Å². The van der Waals surface area contributed by atoms with E-state index in [1.807, 2.05) is 60.5 Å². The van der Waals surface area contributed by atoms with Gasteiger partial charge in [0.15, 0.2) is 0 Å². The monoisotopic (exact) mass is 293 g/mol. The molecular weight excluding hydrogens is 278 g/mol. The van der Waals surface area contributed by atoms with Crippen molar-refractivity contribution in [3.05, 3.63) is 48.8 Å². The highest BCUT2D eigenvalue weighted by atomic mass is 16.5. The van der Waals surface area contributed by atoms with Crippen molar-refractivity contribution < 1.29 is 9.84 Å². The lowest BCUT2D eigenvalue weighted by Crippen LogP contribution is -1.92. The van der Waals surface area contributed by atoms with Crippen LogP contribution >= 0.6 is 0 Å². The number of hydrogen-bond donors (Lipinski definition) is 1. The van der Waals surface area contributed by atoms with Gasteiger partial charge in [0.2, 0.25) is 5.88 Å². The number of nitrogens with zero attached hydrogens (tertiary/aromatic N) is 3. The normalized spacial score (nSPS) is 11.4. The Morgan fingerprint density at radius 1 is 1.09 bits per heavy atom. The number of benzene rings is 2. The van der Waals surface area contributed by atoms with Crippen LogP contribution in [0.3, 0.4) is 0 Å². The van der Waals surface area contributed by atoms with Gasteiger partial charge in [-0.25, -0.2) is 0 Å². The van der Waals surface area contributed by atoms with Gasteiger partial charge in [-0.05, 0) is 36.4 Å². The standard InChI is InChI=1S/C17H15N3O2/c1-19-16-6-4-13(7-12(16)9-18-19)20-10-11-3-5-14(22-2)8-15(11)17(20)21/h3-10,21H,1-2H3. The molecule has 1 N–H and O–H groups in total. The van der Waals surface area contributed by atoms with Crippen molar-refractivity contribution in [2.75, 3.05) is 7.11 Å². The first-order valence-electron chi connectivity index (χ1n) is 6.97. The van der Waals surface area contributed by atoms with E-state index in [1.54, 1.807) is 11.7 Å². The highest BCUT2D eigenvalue weighted by Gasteiger charge is 2.11. The van der Waals surface area contributed by atoms with E-state index in [4.69, 9.17) is 4.74 Å². The molecule has 4 rings (SSSR count). The molecule has 0 fully saturated rings. The van der Waals surface area contributed by atoms with E-state index in [2.05, 4.69) is 5.10 Å². The summed E-state index contributed by atoms with van der Waals surface area (Å²) in [6, 6.07) is 11.6. The van der Waals surface area contributed by atoms with Gasteiger partial charge >= 0.3 is 0 Å². The zero-order valence-electron chi connectivity index (χ0n) is 12.3. The lowest BCUT2D eigenvalue weighted by molar-refractivity contribution is 0.414. The highest BCUT2D eigenvalue weighted by Crippen LogP contribution is 2.33. The van der Waals surface area contributed by atoms with Gasteiger partial charge in [-0.3, -0.25) is 9.25 Å². The second-order valence-electron chi connectivity index (χ2n) is 5.29. The summed E-state index contributed by atoms with van der Waals surface area (Å²) in [5.74, 6) is 0.931. The maximum atomic E-state index is 10.5. The van der Waals surface area contributed by atoms with Gasteiger partial charge in [0.1, 0.15) is 5.75 Å². The van der Waals surface area contributed by atoms with Crippen LogP contribution in [0.4, 0.5) is 0 Å². The second-order valence-corrected chi connectivity index (χ2v) is 5.29. The molecule has 0 aliphatic rings. The van der Waals surface area contributed by atoms with Crippen molar-refractivity contribution in [3.63, 3.8) is 0 Å². The molecule has 0 bridgehead atoms. The smallest absolute Gasteiger partial charge is 0.203 e. The maximum Gasteiger partial charge on any atom is 0.203 e. The van der Waals surface area contributed by atoms with E-state index in [-0.39, 0.29) is 5.88 Å². The fourth-order valence-electron chi connectivity index (χ4n) is 2.80. The van der Waals surface area contributed by atoms with E-state index in [9.17, 15) is 5.11 Å². The van der Waals surface area contributed by atoms with Crippen LogP contribution in [0.15, 0.2) is 48.8 Å². The Hall–Kier alpha value is -2.95. The fraction of sp³-hybridized carbons (Fsp3) is 0.118. The van der Waals surface area contributed by atoms with Crippen molar-refractivity contribution in [1.82, 2.24) is 14.3 Å². The van der Waals surface area contributed by atoms with Crippen molar-refractivity contribution in [2.24, 2.45) is 7.05 Å². The molecule has 0 aliphatic carbocycles. The lowest BCUT2D eigenvalue weighted by Gasteiger charge is -2.05. The average Bonchev–Trinajstić information content (AvgIpc) is 3.08. The molecule has 110 valence electrons. The Balaban J connectivity index is 1.93. The lowest BCUT2D eigenvalue weighted by atomic mass is 10.2. The predicted molar refractivity (Wildman–Crippen MR) is 85.8 cm³/mol. The largest absolute Gasteiger partial charge is 0.497 e. The van der Waals surface area contributed by atoms with E-state index >= 15 is 0 Å². The molecule has 4 aromatic rings. The van der Waals surface area contributed by atoms with Crippen LogP contribution in [-0.4, -0.2) is 26.6 Å². The summed E-state index contributed by atoms with van der Waals surface area (Å²) >= 11 is 0. The second kappa shape index (κ2) is 4.53. The van der Waals surface area contributed by atoms with Crippen LogP contribution in [-0.2, 0) is 7.05 Å². The van der Waals surface area contributed by atoms with Gasteiger partial charge in [0.05, 0.1) is 18.8 Å². The molecule has 2 heterocycles. The molecule has 0 amide bonds. The molecule has 0 radical (unpaired) electrons. The number of fused-ring (bicyclic) bond motifs is 2. The number of ether oxygens (including phenoxy) is 1. The minimum Gasteiger partial charge on any atom is -0.497 e. The average molecular weight is 293 g/mol. The van der Waals surface area contributed by atoms with Gasteiger partial charge < -0.3 is 9.84 Å². The van der Waals surface area contributed by atoms with Gasteiger partial charge in [0, 0.05) is 35.1 Å². The summed E-state index contributed by atoms with van der Waals surface area (Å²) in [5.41, 5.74) is 1.95. The van der Waals surface area contributed by atoms with Crippen LogP contribution in [0.25, 0.3) is 27.4 Å².